The fraction of sp³-hybridized carbons (Fsp3) is 0.667. The molecule has 0 saturated heterocycles. The maximum atomic E-state index is 8.52. The maximum absolute atomic E-state index is 8.52. The van der Waals surface area contributed by atoms with Crippen molar-refractivity contribution >= 4 is 0 Å². The molecule has 0 aromatic carbocycles. The van der Waals surface area contributed by atoms with Crippen LogP contribution in [0.1, 0.15) is 12.8 Å². The van der Waals surface area contributed by atoms with Crippen LogP contribution >= 0.6 is 0 Å². The molecule has 0 saturated carbocycles. The lowest BCUT2D eigenvalue weighted by Crippen LogP contribution is -2.18. The van der Waals surface area contributed by atoms with E-state index in [9.17, 15) is 0 Å². The summed E-state index contributed by atoms with van der Waals surface area (Å²) in [6.07, 6.45) is 7.52. The van der Waals surface area contributed by atoms with Crippen LogP contribution in [-0.4, -0.2) is 34.4 Å². The predicted octanol–water partition coefficient (Wildman–Crippen LogP) is 0.245. The van der Waals surface area contributed by atoms with Crippen molar-refractivity contribution in [1.82, 2.24) is 14.9 Å². The van der Waals surface area contributed by atoms with E-state index in [1.165, 1.54) is 0 Å². The fourth-order valence-corrected chi connectivity index (χ4v) is 1.13. The van der Waals surface area contributed by atoms with Gasteiger partial charge in [-0.05, 0) is 25.9 Å². The predicted molar refractivity (Wildman–Crippen MR) is 51.4 cm³/mol. The molecule has 0 spiro atoms. The van der Waals surface area contributed by atoms with Crippen LogP contribution in [0.3, 0.4) is 0 Å². The molecular formula is C9H17N3O. The zero-order chi connectivity index (χ0) is 9.36. The molecule has 0 bridgehead atoms. The Kier molecular flexibility index (Phi) is 5.20. The Balaban J connectivity index is 1.90. The van der Waals surface area contributed by atoms with Gasteiger partial charge in [-0.2, -0.15) is 0 Å². The van der Waals surface area contributed by atoms with E-state index in [0.717, 1.165) is 32.5 Å². The van der Waals surface area contributed by atoms with Gasteiger partial charge in [-0.1, -0.05) is 0 Å². The van der Waals surface area contributed by atoms with E-state index in [4.69, 9.17) is 5.11 Å². The lowest BCUT2D eigenvalue weighted by molar-refractivity contribution is 0.286. The van der Waals surface area contributed by atoms with Crippen molar-refractivity contribution in [2.75, 3.05) is 19.7 Å². The van der Waals surface area contributed by atoms with Crippen LogP contribution in [0.25, 0.3) is 0 Å². The van der Waals surface area contributed by atoms with Crippen molar-refractivity contribution in [2.24, 2.45) is 0 Å². The SMILES string of the molecule is OCCCNCCCn1ccnc1. The van der Waals surface area contributed by atoms with Gasteiger partial charge in [0.15, 0.2) is 0 Å². The summed E-state index contributed by atoms with van der Waals surface area (Å²) in [6, 6.07) is 0. The first kappa shape index (κ1) is 10.2. The van der Waals surface area contributed by atoms with Crippen LogP contribution < -0.4 is 5.32 Å². The first-order valence-corrected chi connectivity index (χ1v) is 4.71. The molecule has 0 aliphatic rings. The molecule has 0 amide bonds. The van der Waals surface area contributed by atoms with Gasteiger partial charge in [0.05, 0.1) is 6.33 Å². The van der Waals surface area contributed by atoms with E-state index in [2.05, 4.69) is 14.9 Å². The molecule has 74 valence electrons. The molecule has 13 heavy (non-hydrogen) atoms. The van der Waals surface area contributed by atoms with Crippen molar-refractivity contribution in [3.05, 3.63) is 18.7 Å². The number of aliphatic hydroxyl groups excluding tert-OH is 1. The highest BCUT2D eigenvalue weighted by atomic mass is 16.3. The zero-order valence-electron chi connectivity index (χ0n) is 7.82. The number of hydrogen-bond acceptors (Lipinski definition) is 3. The second kappa shape index (κ2) is 6.62. The molecule has 0 aliphatic heterocycles. The molecule has 1 aromatic heterocycles. The van der Waals surface area contributed by atoms with Crippen LogP contribution in [0.2, 0.25) is 0 Å². The van der Waals surface area contributed by atoms with Gasteiger partial charge in [0.25, 0.3) is 0 Å². The lowest BCUT2D eigenvalue weighted by Gasteiger charge is -2.03. The normalized spacial score (nSPS) is 10.5. The summed E-state index contributed by atoms with van der Waals surface area (Å²) in [5.74, 6) is 0. The third kappa shape index (κ3) is 4.65. The van der Waals surface area contributed by atoms with Crippen LogP contribution in [0.4, 0.5) is 0 Å². The van der Waals surface area contributed by atoms with Crippen LogP contribution in [-0.2, 0) is 6.54 Å². The standard InChI is InChI=1S/C9H17N3O/c13-8-2-4-10-3-1-6-12-7-5-11-9-12/h5,7,9-10,13H,1-4,6,8H2. The van der Waals surface area contributed by atoms with Crippen molar-refractivity contribution in [1.29, 1.82) is 0 Å². The minimum atomic E-state index is 0.272. The number of hydrogen-bond donors (Lipinski definition) is 2. The van der Waals surface area contributed by atoms with Gasteiger partial charge >= 0.3 is 0 Å². The van der Waals surface area contributed by atoms with Gasteiger partial charge in [-0.25, -0.2) is 4.98 Å². The number of nitrogens with one attached hydrogen (secondary N) is 1. The second-order valence-corrected chi connectivity index (χ2v) is 2.98. The third-order valence-electron chi connectivity index (χ3n) is 1.84. The van der Waals surface area contributed by atoms with Crippen molar-refractivity contribution in [3.63, 3.8) is 0 Å². The molecule has 4 nitrogen and oxygen atoms in total. The molecule has 1 aromatic rings. The first-order chi connectivity index (χ1) is 6.43. The Labute approximate surface area is 78.6 Å². The van der Waals surface area contributed by atoms with Crippen LogP contribution in [0, 0.1) is 0 Å². The number of nitrogens with zero attached hydrogens (tertiary/aromatic N) is 2. The average molecular weight is 183 g/mol. The Morgan fingerprint density at radius 2 is 2.15 bits per heavy atom. The highest BCUT2D eigenvalue weighted by Crippen LogP contribution is 1.88. The monoisotopic (exact) mass is 183 g/mol. The minimum Gasteiger partial charge on any atom is -0.396 e. The topological polar surface area (TPSA) is 50.1 Å². The molecule has 0 unspecified atom stereocenters. The molecule has 0 aliphatic carbocycles. The van der Waals surface area contributed by atoms with Crippen molar-refractivity contribution in [2.45, 2.75) is 19.4 Å². The summed E-state index contributed by atoms with van der Waals surface area (Å²) in [4.78, 5) is 3.96. The van der Waals surface area contributed by atoms with E-state index < -0.39 is 0 Å². The van der Waals surface area contributed by atoms with Crippen molar-refractivity contribution in [3.8, 4) is 0 Å². The summed E-state index contributed by atoms with van der Waals surface area (Å²) in [5.41, 5.74) is 0. The van der Waals surface area contributed by atoms with Crippen molar-refractivity contribution < 1.29 is 5.11 Å². The number of rotatable bonds is 7. The van der Waals surface area contributed by atoms with E-state index in [1.807, 2.05) is 12.5 Å². The fourth-order valence-electron chi connectivity index (χ4n) is 1.13. The molecule has 0 atom stereocenters. The molecule has 2 N–H and O–H groups in total. The molecule has 4 heteroatoms. The highest BCUT2D eigenvalue weighted by Gasteiger charge is 1.90. The summed E-state index contributed by atoms with van der Waals surface area (Å²) in [7, 11) is 0. The van der Waals surface area contributed by atoms with E-state index in [0.29, 0.717) is 0 Å². The summed E-state index contributed by atoms with van der Waals surface area (Å²) >= 11 is 0. The van der Waals surface area contributed by atoms with Crippen LogP contribution in [0.5, 0.6) is 0 Å². The first-order valence-electron chi connectivity index (χ1n) is 4.71. The summed E-state index contributed by atoms with van der Waals surface area (Å²) in [6.45, 7) is 3.18. The Morgan fingerprint density at radius 1 is 1.31 bits per heavy atom. The molecule has 0 fully saturated rings. The average Bonchev–Trinajstić information content (AvgIpc) is 2.63. The summed E-state index contributed by atoms with van der Waals surface area (Å²) in [5, 5.41) is 11.8. The minimum absolute atomic E-state index is 0.272. The lowest BCUT2D eigenvalue weighted by atomic mass is 10.4. The third-order valence-corrected chi connectivity index (χ3v) is 1.84. The number of aliphatic hydroxyl groups is 1. The maximum Gasteiger partial charge on any atom is 0.0945 e. The number of aromatic nitrogens is 2. The quantitative estimate of drug-likeness (QED) is 0.596. The molecule has 1 heterocycles. The van der Waals surface area contributed by atoms with Gasteiger partial charge in [-0.3, -0.25) is 0 Å². The van der Waals surface area contributed by atoms with E-state index >= 15 is 0 Å². The highest BCUT2D eigenvalue weighted by molar-refractivity contribution is 4.73. The molecule has 1 rings (SSSR count). The van der Waals surface area contributed by atoms with Gasteiger partial charge in [0.1, 0.15) is 0 Å². The van der Waals surface area contributed by atoms with Gasteiger partial charge in [-0.15, -0.1) is 0 Å². The van der Waals surface area contributed by atoms with Gasteiger partial charge in [0.2, 0.25) is 0 Å². The summed E-state index contributed by atoms with van der Waals surface area (Å²) < 4.78 is 2.06. The Bertz CT molecular complexity index is 199. The van der Waals surface area contributed by atoms with Gasteiger partial charge < -0.3 is 15.0 Å². The smallest absolute Gasteiger partial charge is 0.0945 e. The number of aryl methyl sites for hydroxylation is 1. The Morgan fingerprint density at radius 3 is 2.85 bits per heavy atom. The Hall–Kier alpha value is -0.870. The van der Waals surface area contributed by atoms with E-state index in [1.54, 1.807) is 6.20 Å². The van der Waals surface area contributed by atoms with Gasteiger partial charge in [0, 0.05) is 25.5 Å². The number of imidazole rings is 1. The second-order valence-electron chi connectivity index (χ2n) is 2.98. The largest absolute Gasteiger partial charge is 0.396 e. The zero-order valence-corrected chi connectivity index (χ0v) is 7.82. The molecule has 0 radical (unpaired) electrons. The molecular weight excluding hydrogens is 166 g/mol. The van der Waals surface area contributed by atoms with E-state index in [-0.39, 0.29) is 6.61 Å². The van der Waals surface area contributed by atoms with Crippen LogP contribution in [0.15, 0.2) is 18.7 Å².